The first-order valence-electron chi connectivity index (χ1n) is 10.8. The van der Waals surface area contributed by atoms with E-state index in [1.165, 1.54) is 11.9 Å². The molecule has 1 aliphatic heterocycles. The van der Waals surface area contributed by atoms with Gasteiger partial charge in [-0.1, -0.05) is 18.2 Å². The first kappa shape index (κ1) is 23.9. The zero-order chi connectivity index (χ0) is 23.3. The van der Waals surface area contributed by atoms with Crippen LogP contribution in [0.4, 0.5) is 13.6 Å². The molecule has 3 N–H and O–H groups in total. The number of para-hydroxylation sites is 1. The number of nitrogens with zero attached hydrogens (tertiary/aromatic N) is 2. The number of ether oxygens (including phenoxy) is 1. The summed E-state index contributed by atoms with van der Waals surface area (Å²) in [5.74, 6) is -3.27. The van der Waals surface area contributed by atoms with E-state index in [0.29, 0.717) is 31.4 Å². The van der Waals surface area contributed by atoms with Crippen molar-refractivity contribution in [2.75, 3.05) is 26.7 Å². The Kier molecular flexibility index (Phi) is 7.65. The highest BCUT2D eigenvalue weighted by molar-refractivity contribution is 5.83. The van der Waals surface area contributed by atoms with Gasteiger partial charge in [0.1, 0.15) is 12.3 Å². The molecule has 8 nitrogen and oxygen atoms in total. The van der Waals surface area contributed by atoms with Crippen LogP contribution in [0, 0.1) is 5.92 Å². The Bertz CT molecular complexity index is 815. The number of hydrogen-bond donors (Lipinski definition) is 2. The third-order valence-electron chi connectivity index (χ3n) is 6.05. The van der Waals surface area contributed by atoms with Gasteiger partial charge in [-0.25, -0.2) is 13.6 Å². The SMILES string of the molecule is CN(CC(=O)NC1CCC([C@H](N)C(=O)N2CCC(F)(F)C2)CC1)C(=O)Oc1ccccc1. The molecule has 1 saturated heterocycles. The molecule has 3 rings (SSSR count). The first-order chi connectivity index (χ1) is 15.1. The average molecular weight is 453 g/mol. The molecule has 1 atom stereocenters. The summed E-state index contributed by atoms with van der Waals surface area (Å²) in [5.41, 5.74) is 6.09. The minimum absolute atomic E-state index is 0.0329. The van der Waals surface area contributed by atoms with E-state index in [-0.39, 0.29) is 37.4 Å². The van der Waals surface area contributed by atoms with E-state index >= 15 is 0 Å². The minimum atomic E-state index is -2.84. The third-order valence-corrected chi connectivity index (χ3v) is 6.05. The molecule has 2 fully saturated rings. The molecule has 1 aromatic rings. The third kappa shape index (κ3) is 6.38. The smallest absolute Gasteiger partial charge is 0.410 e. The zero-order valence-electron chi connectivity index (χ0n) is 18.1. The van der Waals surface area contributed by atoms with Gasteiger partial charge in [0.15, 0.2) is 0 Å². The number of alkyl halides is 2. The van der Waals surface area contributed by atoms with Crippen molar-refractivity contribution in [3.8, 4) is 5.75 Å². The number of nitrogens with one attached hydrogen (secondary N) is 1. The summed E-state index contributed by atoms with van der Waals surface area (Å²) in [7, 11) is 1.48. The van der Waals surface area contributed by atoms with Gasteiger partial charge in [0.2, 0.25) is 11.8 Å². The fourth-order valence-corrected chi connectivity index (χ4v) is 4.18. The quantitative estimate of drug-likeness (QED) is 0.687. The molecule has 2 aliphatic rings. The second-order valence-electron chi connectivity index (χ2n) is 8.61. The van der Waals surface area contributed by atoms with E-state index in [0.717, 1.165) is 4.90 Å². The van der Waals surface area contributed by atoms with Crippen molar-refractivity contribution in [1.29, 1.82) is 0 Å². The van der Waals surface area contributed by atoms with Crippen LogP contribution < -0.4 is 15.8 Å². The van der Waals surface area contributed by atoms with Crippen LogP contribution in [0.15, 0.2) is 30.3 Å². The highest BCUT2D eigenvalue weighted by Gasteiger charge is 2.42. The summed E-state index contributed by atoms with van der Waals surface area (Å²) in [5, 5.41) is 2.90. The Balaban J connectivity index is 1.39. The monoisotopic (exact) mass is 452 g/mol. The van der Waals surface area contributed by atoms with Crippen molar-refractivity contribution in [3.05, 3.63) is 30.3 Å². The topological polar surface area (TPSA) is 105 Å². The minimum Gasteiger partial charge on any atom is -0.410 e. The summed E-state index contributed by atoms with van der Waals surface area (Å²) in [4.78, 5) is 39.2. The Morgan fingerprint density at radius 2 is 1.88 bits per heavy atom. The molecule has 1 aliphatic carbocycles. The highest BCUT2D eigenvalue weighted by Crippen LogP contribution is 2.30. The Hall–Kier alpha value is -2.75. The van der Waals surface area contributed by atoms with Crippen LogP contribution in [0.5, 0.6) is 5.75 Å². The fourth-order valence-electron chi connectivity index (χ4n) is 4.18. The lowest BCUT2D eigenvalue weighted by Gasteiger charge is -2.33. The first-order valence-corrected chi connectivity index (χ1v) is 10.8. The van der Waals surface area contributed by atoms with Crippen molar-refractivity contribution in [1.82, 2.24) is 15.1 Å². The van der Waals surface area contributed by atoms with E-state index in [1.807, 2.05) is 0 Å². The van der Waals surface area contributed by atoms with E-state index in [2.05, 4.69) is 5.32 Å². The lowest BCUT2D eigenvalue weighted by atomic mass is 9.81. The summed E-state index contributed by atoms with van der Waals surface area (Å²) < 4.78 is 31.9. The molecule has 1 heterocycles. The van der Waals surface area contributed by atoms with Crippen LogP contribution in [0.25, 0.3) is 0 Å². The van der Waals surface area contributed by atoms with Gasteiger partial charge in [-0.2, -0.15) is 0 Å². The van der Waals surface area contributed by atoms with Gasteiger partial charge in [-0.15, -0.1) is 0 Å². The van der Waals surface area contributed by atoms with Gasteiger partial charge >= 0.3 is 6.09 Å². The zero-order valence-corrected chi connectivity index (χ0v) is 18.1. The van der Waals surface area contributed by atoms with E-state index < -0.39 is 30.5 Å². The second kappa shape index (κ2) is 10.2. The normalized spacial score (nSPS) is 23.3. The number of rotatable bonds is 6. The Morgan fingerprint density at radius 3 is 2.47 bits per heavy atom. The molecule has 0 unspecified atom stereocenters. The van der Waals surface area contributed by atoms with Gasteiger partial charge in [0.25, 0.3) is 5.92 Å². The maximum absolute atomic E-state index is 13.4. The molecule has 32 heavy (non-hydrogen) atoms. The van der Waals surface area contributed by atoms with Crippen LogP contribution in [0.2, 0.25) is 0 Å². The van der Waals surface area contributed by atoms with Crippen molar-refractivity contribution in [3.63, 3.8) is 0 Å². The maximum atomic E-state index is 13.4. The number of hydrogen-bond acceptors (Lipinski definition) is 5. The molecule has 0 radical (unpaired) electrons. The van der Waals surface area contributed by atoms with Gasteiger partial charge < -0.3 is 25.6 Å². The molecule has 10 heteroatoms. The largest absolute Gasteiger partial charge is 0.415 e. The van der Waals surface area contributed by atoms with Crippen LogP contribution in [0.3, 0.4) is 0 Å². The lowest BCUT2D eigenvalue weighted by Crippen LogP contribution is -2.50. The fraction of sp³-hybridized carbons (Fsp3) is 0.591. The summed E-state index contributed by atoms with van der Waals surface area (Å²) in [6, 6.07) is 7.69. The number of likely N-dealkylation sites (tertiary alicyclic amines) is 1. The standard InChI is InChI=1S/C22H30F2N4O4/c1-27(21(31)32-17-5-3-2-4-6-17)13-18(29)26-16-9-7-15(8-10-16)19(25)20(30)28-12-11-22(23,24)14-28/h2-6,15-16,19H,7-14,25H2,1H3,(H,26,29)/t15?,16?,19-/m0/s1. The predicted octanol–water partition coefficient (Wildman–Crippen LogP) is 1.99. The summed E-state index contributed by atoms with van der Waals surface area (Å²) in [6.45, 7) is -0.677. The molecule has 3 amide bonds. The summed E-state index contributed by atoms with van der Waals surface area (Å²) in [6.07, 6.45) is 1.55. The van der Waals surface area contributed by atoms with Gasteiger partial charge in [-0.05, 0) is 43.7 Å². The second-order valence-corrected chi connectivity index (χ2v) is 8.61. The molecule has 0 aromatic heterocycles. The van der Waals surface area contributed by atoms with Crippen molar-refractivity contribution in [2.45, 2.75) is 50.1 Å². The average Bonchev–Trinajstić information content (AvgIpc) is 3.13. The van der Waals surface area contributed by atoms with E-state index in [4.69, 9.17) is 10.5 Å². The predicted molar refractivity (Wildman–Crippen MR) is 113 cm³/mol. The molecule has 0 bridgehead atoms. The highest BCUT2D eigenvalue weighted by atomic mass is 19.3. The molecule has 1 aromatic carbocycles. The Labute approximate surface area is 186 Å². The van der Waals surface area contributed by atoms with Crippen LogP contribution in [-0.2, 0) is 9.59 Å². The number of likely N-dealkylation sites (N-methyl/N-ethyl adjacent to an activating group) is 1. The number of carbonyl (C=O) groups excluding carboxylic acids is 3. The molecule has 1 saturated carbocycles. The summed E-state index contributed by atoms with van der Waals surface area (Å²) >= 11 is 0. The van der Waals surface area contributed by atoms with Gasteiger partial charge in [0.05, 0.1) is 12.6 Å². The Morgan fingerprint density at radius 1 is 1.22 bits per heavy atom. The number of nitrogens with two attached hydrogens (primary N) is 1. The molecular weight excluding hydrogens is 422 g/mol. The van der Waals surface area contributed by atoms with Crippen LogP contribution in [0.1, 0.15) is 32.1 Å². The van der Waals surface area contributed by atoms with Gasteiger partial charge in [0, 0.05) is 26.1 Å². The molecular formula is C22H30F2N4O4. The number of benzene rings is 1. The van der Waals surface area contributed by atoms with E-state index in [1.54, 1.807) is 30.3 Å². The van der Waals surface area contributed by atoms with Crippen molar-refractivity contribution < 1.29 is 27.9 Å². The van der Waals surface area contributed by atoms with Crippen LogP contribution >= 0.6 is 0 Å². The lowest BCUT2D eigenvalue weighted by molar-refractivity contribution is -0.134. The maximum Gasteiger partial charge on any atom is 0.415 e. The van der Waals surface area contributed by atoms with Crippen molar-refractivity contribution >= 4 is 17.9 Å². The molecule has 0 spiro atoms. The van der Waals surface area contributed by atoms with Crippen LogP contribution in [-0.4, -0.2) is 72.4 Å². The van der Waals surface area contributed by atoms with Gasteiger partial charge in [-0.3, -0.25) is 9.59 Å². The van der Waals surface area contributed by atoms with Crippen molar-refractivity contribution in [2.24, 2.45) is 11.7 Å². The number of amides is 3. The molecule has 176 valence electrons. The number of carbonyl (C=O) groups is 3. The van der Waals surface area contributed by atoms with E-state index in [9.17, 15) is 23.2 Å². The number of halogens is 2.